The SMILES string of the molecule is CC(C)C1CCC(NC(=O)CC(CC(=O)NC2CCC(C(C)C)CC2)C(=O)NC2CCC(C(C)C)CC2)CC1. The van der Waals surface area contributed by atoms with Crippen molar-refractivity contribution >= 4 is 17.7 Å². The molecule has 0 aromatic carbocycles. The summed E-state index contributed by atoms with van der Waals surface area (Å²) in [6.45, 7) is 13.7. The quantitative estimate of drug-likeness (QED) is 0.282. The summed E-state index contributed by atoms with van der Waals surface area (Å²) in [7, 11) is 0. The van der Waals surface area contributed by atoms with Gasteiger partial charge in [-0.25, -0.2) is 0 Å². The Balaban J connectivity index is 1.54. The second-order valence-corrected chi connectivity index (χ2v) is 14.3. The second-order valence-electron chi connectivity index (χ2n) is 14.3. The lowest BCUT2D eigenvalue weighted by atomic mass is 9.79. The zero-order valence-electron chi connectivity index (χ0n) is 25.9. The Morgan fingerprint density at radius 2 is 0.769 bits per heavy atom. The monoisotopic (exact) mass is 545 g/mol. The predicted octanol–water partition coefficient (Wildman–Crippen LogP) is 6.38. The topological polar surface area (TPSA) is 87.3 Å². The maximum Gasteiger partial charge on any atom is 0.224 e. The zero-order valence-corrected chi connectivity index (χ0v) is 25.9. The summed E-state index contributed by atoms with van der Waals surface area (Å²) >= 11 is 0. The van der Waals surface area contributed by atoms with Gasteiger partial charge in [-0.05, 0) is 113 Å². The number of rotatable bonds is 11. The highest BCUT2D eigenvalue weighted by Gasteiger charge is 2.32. The van der Waals surface area contributed by atoms with Crippen molar-refractivity contribution in [3.05, 3.63) is 0 Å². The molecule has 3 amide bonds. The van der Waals surface area contributed by atoms with Crippen molar-refractivity contribution in [1.29, 1.82) is 0 Å². The van der Waals surface area contributed by atoms with Gasteiger partial charge >= 0.3 is 0 Å². The first-order chi connectivity index (χ1) is 18.5. The summed E-state index contributed by atoms with van der Waals surface area (Å²) in [5, 5.41) is 9.64. The Morgan fingerprint density at radius 3 is 1.05 bits per heavy atom. The van der Waals surface area contributed by atoms with Crippen molar-refractivity contribution in [3.63, 3.8) is 0 Å². The van der Waals surface area contributed by atoms with Crippen LogP contribution < -0.4 is 16.0 Å². The number of amides is 3. The molecule has 3 rings (SSSR count). The van der Waals surface area contributed by atoms with Gasteiger partial charge in [-0.3, -0.25) is 14.4 Å². The Labute approximate surface area is 239 Å². The van der Waals surface area contributed by atoms with Gasteiger partial charge < -0.3 is 16.0 Å². The molecule has 0 aliphatic heterocycles. The fourth-order valence-corrected chi connectivity index (χ4v) is 7.39. The van der Waals surface area contributed by atoms with Crippen molar-refractivity contribution in [3.8, 4) is 0 Å². The Bertz CT molecular complexity index is 727. The van der Waals surface area contributed by atoms with Gasteiger partial charge in [0.1, 0.15) is 0 Å². The van der Waals surface area contributed by atoms with E-state index in [1.807, 2.05) is 0 Å². The molecule has 0 radical (unpaired) electrons. The molecule has 0 heterocycles. The third-order valence-corrected chi connectivity index (χ3v) is 10.5. The lowest BCUT2D eigenvalue weighted by Crippen LogP contribution is -2.46. The molecule has 3 saturated carbocycles. The van der Waals surface area contributed by atoms with Gasteiger partial charge in [0.25, 0.3) is 0 Å². The molecule has 3 fully saturated rings. The normalized spacial score (nSPS) is 30.7. The van der Waals surface area contributed by atoms with Crippen LogP contribution in [-0.4, -0.2) is 35.8 Å². The first-order valence-corrected chi connectivity index (χ1v) is 16.4. The van der Waals surface area contributed by atoms with Crippen LogP contribution in [0.4, 0.5) is 0 Å². The van der Waals surface area contributed by atoms with Crippen LogP contribution in [0.15, 0.2) is 0 Å². The molecule has 0 aromatic heterocycles. The molecule has 3 N–H and O–H groups in total. The molecule has 0 bridgehead atoms. The molecule has 39 heavy (non-hydrogen) atoms. The Kier molecular flexibility index (Phi) is 12.6. The van der Waals surface area contributed by atoms with E-state index in [1.165, 1.54) is 0 Å². The molecule has 0 aromatic rings. The van der Waals surface area contributed by atoms with Crippen molar-refractivity contribution in [2.24, 2.45) is 41.4 Å². The molecule has 6 nitrogen and oxygen atoms in total. The largest absolute Gasteiger partial charge is 0.353 e. The van der Waals surface area contributed by atoms with Gasteiger partial charge in [-0.2, -0.15) is 0 Å². The first kappa shape index (κ1) is 31.9. The van der Waals surface area contributed by atoms with Gasteiger partial charge in [-0.1, -0.05) is 41.5 Å². The molecule has 0 unspecified atom stereocenters. The van der Waals surface area contributed by atoms with Crippen LogP contribution in [0, 0.1) is 41.4 Å². The van der Waals surface area contributed by atoms with Crippen LogP contribution in [-0.2, 0) is 14.4 Å². The molecule has 3 aliphatic carbocycles. The standard InChI is InChI=1S/C33H59N3O3/c1-21(2)24-7-13-28(14-8-24)34-31(37)19-27(33(39)36-30-17-11-26(12-18-30)23(5)6)20-32(38)35-29-15-9-25(10-16-29)22(3)4/h21-30H,7-20H2,1-6H3,(H,34,37)(H,35,38)(H,36,39). The van der Waals surface area contributed by atoms with Crippen molar-refractivity contribution in [1.82, 2.24) is 16.0 Å². The lowest BCUT2D eigenvalue weighted by Gasteiger charge is -2.33. The van der Waals surface area contributed by atoms with Crippen LogP contribution in [0.1, 0.15) is 131 Å². The van der Waals surface area contributed by atoms with Gasteiger partial charge in [0.2, 0.25) is 17.7 Å². The predicted molar refractivity (Wildman–Crippen MR) is 159 cm³/mol. The van der Waals surface area contributed by atoms with E-state index < -0.39 is 5.92 Å². The first-order valence-electron chi connectivity index (χ1n) is 16.4. The summed E-state index contributed by atoms with van der Waals surface area (Å²) in [6, 6.07) is 0.527. The van der Waals surface area contributed by atoms with Crippen LogP contribution >= 0.6 is 0 Å². The van der Waals surface area contributed by atoms with Gasteiger partial charge in [0.15, 0.2) is 0 Å². The molecular formula is C33H59N3O3. The van der Waals surface area contributed by atoms with Gasteiger partial charge in [0, 0.05) is 31.0 Å². The minimum Gasteiger partial charge on any atom is -0.353 e. The molecule has 0 saturated heterocycles. The Morgan fingerprint density at radius 1 is 0.487 bits per heavy atom. The number of hydrogen-bond acceptors (Lipinski definition) is 3. The minimum atomic E-state index is -0.619. The summed E-state index contributed by atoms with van der Waals surface area (Å²) in [5.74, 6) is 3.33. The van der Waals surface area contributed by atoms with Crippen LogP contribution in [0.3, 0.4) is 0 Å². The third-order valence-electron chi connectivity index (χ3n) is 10.5. The Hall–Kier alpha value is -1.59. The average molecular weight is 546 g/mol. The maximum atomic E-state index is 13.4. The molecule has 0 spiro atoms. The second kappa shape index (κ2) is 15.4. The molecule has 3 aliphatic rings. The van der Waals surface area contributed by atoms with E-state index in [2.05, 4.69) is 57.5 Å². The van der Waals surface area contributed by atoms with Crippen molar-refractivity contribution < 1.29 is 14.4 Å². The van der Waals surface area contributed by atoms with Crippen molar-refractivity contribution in [2.45, 2.75) is 150 Å². The minimum absolute atomic E-state index is 0.0862. The smallest absolute Gasteiger partial charge is 0.224 e. The van der Waals surface area contributed by atoms with Crippen LogP contribution in [0.25, 0.3) is 0 Å². The number of nitrogens with one attached hydrogen (secondary N) is 3. The highest BCUT2D eigenvalue weighted by molar-refractivity contribution is 5.90. The van der Waals surface area contributed by atoms with E-state index in [0.29, 0.717) is 17.8 Å². The van der Waals surface area contributed by atoms with E-state index in [0.717, 1.165) is 94.8 Å². The summed E-state index contributed by atoms with van der Waals surface area (Å²) < 4.78 is 0. The van der Waals surface area contributed by atoms with Crippen LogP contribution in [0.5, 0.6) is 0 Å². The van der Waals surface area contributed by atoms with E-state index in [1.54, 1.807) is 0 Å². The maximum absolute atomic E-state index is 13.4. The van der Waals surface area contributed by atoms with E-state index in [9.17, 15) is 14.4 Å². The fraction of sp³-hybridized carbons (Fsp3) is 0.909. The highest BCUT2D eigenvalue weighted by Crippen LogP contribution is 2.32. The number of carbonyl (C=O) groups is 3. The van der Waals surface area contributed by atoms with E-state index >= 15 is 0 Å². The molecule has 224 valence electrons. The van der Waals surface area contributed by atoms with E-state index in [4.69, 9.17) is 0 Å². The number of hydrogen-bond donors (Lipinski definition) is 3. The van der Waals surface area contributed by atoms with Gasteiger partial charge in [0.05, 0.1) is 5.92 Å². The number of carbonyl (C=O) groups excluding carboxylic acids is 3. The summed E-state index contributed by atoms with van der Waals surface area (Å²) in [4.78, 5) is 39.6. The lowest BCUT2D eigenvalue weighted by molar-refractivity contribution is -0.134. The molecular weight excluding hydrogens is 486 g/mol. The summed E-state index contributed by atoms with van der Waals surface area (Å²) in [6.07, 6.45) is 13.0. The van der Waals surface area contributed by atoms with Gasteiger partial charge in [-0.15, -0.1) is 0 Å². The summed E-state index contributed by atoms with van der Waals surface area (Å²) in [5.41, 5.74) is 0. The average Bonchev–Trinajstić information content (AvgIpc) is 2.89. The van der Waals surface area contributed by atoms with Crippen LogP contribution in [0.2, 0.25) is 0 Å². The third kappa shape index (κ3) is 10.4. The molecule has 0 atom stereocenters. The highest BCUT2D eigenvalue weighted by atomic mass is 16.2. The molecule has 6 heteroatoms. The fourth-order valence-electron chi connectivity index (χ4n) is 7.39. The van der Waals surface area contributed by atoms with Crippen molar-refractivity contribution in [2.75, 3.05) is 0 Å². The van der Waals surface area contributed by atoms with E-state index in [-0.39, 0.29) is 48.7 Å². The zero-order chi connectivity index (χ0) is 28.5.